The zero-order chi connectivity index (χ0) is 17.9. The first-order valence-corrected chi connectivity index (χ1v) is 9.08. The van der Waals surface area contributed by atoms with Crippen LogP contribution in [-0.4, -0.2) is 43.0 Å². The second kappa shape index (κ2) is 7.30. The van der Waals surface area contributed by atoms with E-state index >= 15 is 0 Å². The Bertz CT molecular complexity index is 806. The minimum Gasteiger partial charge on any atom is -0.370 e. The summed E-state index contributed by atoms with van der Waals surface area (Å²) in [7, 11) is 0. The van der Waals surface area contributed by atoms with E-state index in [9.17, 15) is 9.59 Å². The van der Waals surface area contributed by atoms with Crippen molar-refractivity contribution in [2.45, 2.75) is 18.9 Å². The number of rotatable bonds is 3. The first-order valence-electron chi connectivity index (χ1n) is 9.08. The molecule has 2 amide bonds. The Hall–Kier alpha value is -2.66. The monoisotopic (exact) mass is 350 g/mol. The van der Waals surface area contributed by atoms with Crippen LogP contribution in [0.4, 0.5) is 5.69 Å². The Labute approximate surface area is 153 Å². The van der Waals surface area contributed by atoms with Crippen molar-refractivity contribution in [2.24, 2.45) is 0 Å². The Morgan fingerprint density at radius 1 is 1.04 bits per heavy atom. The average molecular weight is 350 g/mol. The number of benzene rings is 2. The van der Waals surface area contributed by atoms with Crippen LogP contribution >= 0.6 is 0 Å². The van der Waals surface area contributed by atoms with Crippen LogP contribution in [-0.2, 0) is 9.53 Å². The molecule has 0 radical (unpaired) electrons. The highest BCUT2D eigenvalue weighted by molar-refractivity contribution is 5.99. The molecule has 1 unspecified atom stereocenters. The molecule has 2 aliphatic heterocycles. The lowest BCUT2D eigenvalue weighted by Crippen LogP contribution is -2.42. The summed E-state index contributed by atoms with van der Waals surface area (Å²) in [6.45, 7) is 2.37. The molecular weight excluding hydrogens is 328 g/mol. The number of morpholine rings is 1. The summed E-state index contributed by atoms with van der Waals surface area (Å²) >= 11 is 0. The Kier molecular flexibility index (Phi) is 4.71. The van der Waals surface area contributed by atoms with Crippen LogP contribution in [0, 0.1) is 0 Å². The number of nitrogens with zero attached hydrogens (tertiary/aromatic N) is 2. The summed E-state index contributed by atoms with van der Waals surface area (Å²) in [5.41, 5.74) is 2.52. The lowest BCUT2D eigenvalue weighted by atomic mass is 10.1. The molecule has 2 heterocycles. The standard InChI is InChI=1S/C21H22N2O3/c24-20-10-5-11-23(20)18-9-4-8-17(14-18)21(25)22-12-13-26-19(15-22)16-6-2-1-3-7-16/h1-4,6-9,14,19H,5,10-13,15H2. The van der Waals surface area contributed by atoms with E-state index in [1.165, 1.54) is 0 Å². The van der Waals surface area contributed by atoms with Crippen LogP contribution in [0.15, 0.2) is 54.6 Å². The molecule has 2 fully saturated rings. The van der Waals surface area contributed by atoms with Crippen molar-refractivity contribution in [3.63, 3.8) is 0 Å². The predicted molar refractivity (Wildman–Crippen MR) is 99.1 cm³/mol. The highest BCUT2D eigenvalue weighted by Crippen LogP contribution is 2.25. The molecule has 0 bridgehead atoms. The van der Waals surface area contributed by atoms with Gasteiger partial charge >= 0.3 is 0 Å². The maximum Gasteiger partial charge on any atom is 0.254 e. The van der Waals surface area contributed by atoms with Gasteiger partial charge in [0.15, 0.2) is 0 Å². The molecule has 0 aliphatic carbocycles. The quantitative estimate of drug-likeness (QED) is 0.855. The van der Waals surface area contributed by atoms with Crippen LogP contribution in [0.25, 0.3) is 0 Å². The SMILES string of the molecule is O=C(c1cccc(N2CCCC2=O)c1)N1CCOC(c2ccccc2)C1. The highest BCUT2D eigenvalue weighted by Gasteiger charge is 2.27. The van der Waals surface area contributed by atoms with E-state index in [1.807, 2.05) is 59.5 Å². The smallest absolute Gasteiger partial charge is 0.254 e. The lowest BCUT2D eigenvalue weighted by Gasteiger charge is -2.33. The minimum absolute atomic E-state index is 0.0114. The lowest BCUT2D eigenvalue weighted by molar-refractivity contribution is -0.117. The number of carbonyl (C=O) groups is 2. The molecule has 2 aliphatic rings. The normalized spacial score (nSPS) is 20.5. The highest BCUT2D eigenvalue weighted by atomic mass is 16.5. The van der Waals surface area contributed by atoms with Crippen LogP contribution in [0.5, 0.6) is 0 Å². The molecule has 1 atom stereocenters. The third kappa shape index (κ3) is 3.35. The van der Waals surface area contributed by atoms with Gasteiger partial charge in [0, 0.05) is 30.8 Å². The van der Waals surface area contributed by atoms with E-state index in [0.717, 1.165) is 24.2 Å². The zero-order valence-corrected chi connectivity index (χ0v) is 14.6. The number of ether oxygens (including phenoxy) is 1. The van der Waals surface area contributed by atoms with Gasteiger partial charge in [-0.25, -0.2) is 0 Å². The van der Waals surface area contributed by atoms with Gasteiger partial charge in [-0.05, 0) is 30.2 Å². The van der Waals surface area contributed by atoms with Gasteiger partial charge in [-0.3, -0.25) is 9.59 Å². The third-order valence-electron chi connectivity index (χ3n) is 5.00. The minimum atomic E-state index is -0.0998. The molecule has 26 heavy (non-hydrogen) atoms. The number of hydrogen-bond acceptors (Lipinski definition) is 3. The van der Waals surface area contributed by atoms with Crippen molar-refractivity contribution in [1.29, 1.82) is 0 Å². The molecule has 4 rings (SSSR count). The van der Waals surface area contributed by atoms with Crippen LogP contribution in [0.2, 0.25) is 0 Å². The summed E-state index contributed by atoms with van der Waals surface area (Å²) in [5, 5.41) is 0. The fourth-order valence-electron chi connectivity index (χ4n) is 3.61. The zero-order valence-electron chi connectivity index (χ0n) is 14.6. The molecule has 0 spiro atoms. The maximum atomic E-state index is 13.0. The third-order valence-corrected chi connectivity index (χ3v) is 5.00. The predicted octanol–water partition coefficient (Wildman–Crippen LogP) is 3.03. The summed E-state index contributed by atoms with van der Waals surface area (Å²) in [6, 6.07) is 17.4. The second-order valence-electron chi connectivity index (χ2n) is 6.72. The first-order chi connectivity index (χ1) is 12.7. The summed E-state index contributed by atoms with van der Waals surface area (Å²) in [5.74, 6) is 0.118. The molecule has 0 saturated carbocycles. The van der Waals surface area contributed by atoms with Gasteiger partial charge in [0.2, 0.25) is 5.91 Å². The number of amides is 2. The molecule has 5 nitrogen and oxygen atoms in total. The van der Waals surface area contributed by atoms with E-state index in [0.29, 0.717) is 31.7 Å². The first kappa shape index (κ1) is 16.8. The van der Waals surface area contributed by atoms with Crippen molar-refractivity contribution >= 4 is 17.5 Å². The fraction of sp³-hybridized carbons (Fsp3) is 0.333. The number of anilines is 1. The van der Waals surface area contributed by atoms with Crippen molar-refractivity contribution < 1.29 is 14.3 Å². The maximum absolute atomic E-state index is 13.0. The van der Waals surface area contributed by atoms with Crippen molar-refractivity contribution in [3.05, 3.63) is 65.7 Å². The van der Waals surface area contributed by atoms with Gasteiger partial charge in [0.25, 0.3) is 5.91 Å². The van der Waals surface area contributed by atoms with E-state index < -0.39 is 0 Å². The molecule has 2 aromatic rings. The molecule has 0 N–H and O–H groups in total. The van der Waals surface area contributed by atoms with E-state index in [4.69, 9.17) is 4.74 Å². The summed E-state index contributed by atoms with van der Waals surface area (Å²) < 4.78 is 5.85. The van der Waals surface area contributed by atoms with Crippen LogP contribution < -0.4 is 4.90 Å². The molecule has 134 valence electrons. The molecular formula is C21H22N2O3. The Balaban J connectivity index is 1.51. The van der Waals surface area contributed by atoms with Gasteiger partial charge in [-0.2, -0.15) is 0 Å². The summed E-state index contributed by atoms with van der Waals surface area (Å²) in [4.78, 5) is 28.6. The number of carbonyl (C=O) groups excluding carboxylic acids is 2. The summed E-state index contributed by atoms with van der Waals surface area (Å²) in [6.07, 6.45) is 1.36. The van der Waals surface area contributed by atoms with Crippen molar-refractivity contribution in [3.8, 4) is 0 Å². The van der Waals surface area contributed by atoms with E-state index in [1.54, 1.807) is 4.90 Å². The molecule has 0 aromatic heterocycles. The molecule has 5 heteroatoms. The molecule has 2 saturated heterocycles. The van der Waals surface area contributed by atoms with Gasteiger partial charge in [0.05, 0.1) is 13.2 Å². The van der Waals surface area contributed by atoms with Gasteiger partial charge in [-0.1, -0.05) is 36.4 Å². The molecule has 2 aromatic carbocycles. The topological polar surface area (TPSA) is 49.9 Å². The Morgan fingerprint density at radius 3 is 2.65 bits per heavy atom. The van der Waals surface area contributed by atoms with Crippen LogP contribution in [0.3, 0.4) is 0 Å². The fourth-order valence-corrected chi connectivity index (χ4v) is 3.61. The van der Waals surface area contributed by atoms with Gasteiger partial charge in [0.1, 0.15) is 6.10 Å². The van der Waals surface area contributed by atoms with E-state index in [-0.39, 0.29) is 17.9 Å². The van der Waals surface area contributed by atoms with E-state index in [2.05, 4.69) is 0 Å². The average Bonchev–Trinajstić information content (AvgIpc) is 3.14. The van der Waals surface area contributed by atoms with Crippen molar-refractivity contribution in [1.82, 2.24) is 4.90 Å². The van der Waals surface area contributed by atoms with Crippen molar-refractivity contribution in [2.75, 3.05) is 31.1 Å². The van der Waals surface area contributed by atoms with Gasteiger partial charge in [-0.15, -0.1) is 0 Å². The van der Waals surface area contributed by atoms with Gasteiger partial charge < -0.3 is 14.5 Å². The largest absolute Gasteiger partial charge is 0.370 e. The Morgan fingerprint density at radius 2 is 1.88 bits per heavy atom. The number of hydrogen-bond donors (Lipinski definition) is 0. The second-order valence-corrected chi connectivity index (χ2v) is 6.72. The van der Waals surface area contributed by atoms with Crippen LogP contribution in [0.1, 0.15) is 34.9 Å².